The fourth-order valence-corrected chi connectivity index (χ4v) is 0.934. The fraction of sp³-hybridized carbons (Fsp3) is 1.00. The number of rotatable bonds is 5. The van der Waals surface area contributed by atoms with E-state index in [0.29, 0.717) is 19.3 Å². The minimum Gasteiger partial charge on any atom is -0.233 e. The number of hydrogen-bond donors (Lipinski definition) is 0. The third-order valence-corrected chi connectivity index (χ3v) is 1.57. The summed E-state index contributed by atoms with van der Waals surface area (Å²) in [6, 6.07) is 0. The van der Waals surface area contributed by atoms with Gasteiger partial charge in [-0.15, -0.1) is 0 Å². The van der Waals surface area contributed by atoms with Gasteiger partial charge in [-0.1, -0.05) is 12.8 Å². The third-order valence-electron chi connectivity index (χ3n) is 1.57. The van der Waals surface area contributed by atoms with E-state index in [4.69, 9.17) is 0 Å². The average molecular weight is 183 g/mol. The van der Waals surface area contributed by atoms with Crippen molar-refractivity contribution in [1.29, 1.82) is 0 Å². The molecule has 1 unspecified atom stereocenters. The highest BCUT2D eigenvalue weighted by Crippen LogP contribution is 2.22. The topological polar surface area (TPSA) is 19.9 Å². The summed E-state index contributed by atoms with van der Waals surface area (Å²) in [6.07, 6.45) is -3.65. The summed E-state index contributed by atoms with van der Waals surface area (Å²) in [5, 5.41) is 10.5. The Labute approximate surface area is 70.6 Å². The van der Waals surface area contributed by atoms with E-state index in [1.807, 2.05) is 0 Å². The van der Waals surface area contributed by atoms with Crippen LogP contribution in [-0.4, -0.2) is 12.3 Å². The van der Waals surface area contributed by atoms with E-state index in [2.05, 4.69) is 0 Å². The fourth-order valence-electron chi connectivity index (χ4n) is 0.934. The summed E-state index contributed by atoms with van der Waals surface area (Å²) in [5.41, 5.74) is 0. The van der Waals surface area contributed by atoms with E-state index >= 15 is 0 Å². The van der Waals surface area contributed by atoms with E-state index in [-0.39, 0.29) is 6.42 Å². The Bertz CT molecular complexity index is 109. The quantitative estimate of drug-likeness (QED) is 0.583. The Balaban J connectivity index is 3.12. The highest BCUT2D eigenvalue weighted by molar-refractivity contribution is 4.53. The van der Waals surface area contributed by atoms with Crippen LogP contribution in [-0.2, 0) is 5.11 Å². The molecule has 0 aromatic rings. The lowest BCUT2D eigenvalue weighted by molar-refractivity contribution is -0.135. The molecule has 0 aliphatic rings. The van der Waals surface area contributed by atoms with Crippen molar-refractivity contribution >= 4 is 0 Å². The molecule has 0 aromatic carbocycles. The van der Waals surface area contributed by atoms with Crippen LogP contribution in [0.4, 0.5) is 13.2 Å². The number of halogens is 3. The molecule has 0 bridgehead atoms. The molecule has 0 spiro atoms. The van der Waals surface area contributed by atoms with E-state index in [1.54, 1.807) is 0 Å². The maximum Gasteiger partial charge on any atom is 0.389 e. The monoisotopic (exact) mass is 183 g/mol. The van der Waals surface area contributed by atoms with Gasteiger partial charge in [-0.2, -0.15) is 13.2 Å². The van der Waals surface area contributed by atoms with Crippen LogP contribution in [0.15, 0.2) is 0 Å². The lowest BCUT2D eigenvalue weighted by atomic mass is 10.1. The Morgan fingerprint density at radius 2 is 1.75 bits per heavy atom. The molecule has 1 nitrogen and oxygen atoms in total. The first-order valence-corrected chi connectivity index (χ1v) is 4.14. The summed E-state index contributed by atoms with van der Waals surface area (Å²) >= 11 is 0. The molecular formula is C8H14F3O. The van der Waals surface area contributed by atoms with Gasteiger partial charge in [0.05, 0.1) is 6.10 Å². The summed E-state index contributed by atoms with van der Waals surface area (Å²) in [5.74, 6) is 0. The van der Waals surface area contributed by atoms with E-state index in [1.165, 1.54) is 6.92 Å². The lowest BCUT2D eigenvalue weighted by Crippen LogP contribution is -2.06. The Hall–Kier alpha value is -0.250. The van der Waals surface area contributed by atoms with E-state index < -0.39 is 18.7 Å². The lowest BCUT2D eigenvalue weighted by Gasteiger charge is -2.05. The van der Waals surface area contributed by atoms with Crippen LogP contribution in [0.5, 0.6) is 0 Å². The minimum absolute atomic E-state index is 0.149. The van der Waals surface area contributed by atoms with Gasteiger partial charge in [0.25, 0.3) is 0 Å². The average Bonchev–Trinajstić information content (AvgIpc) is 1.83. The molecule has 73 valence electrons. The standard InChI is InChI=1S/C8H14F3O/c1-7(12)5-3-2-4-6-8(9,10)11/h7H,2-6H2,1H3. The Morgan fingerprint density at radius 3 is 2.17 bits per heavy atom. The molecule has 1 radical (unpaired) electrons. The summed E-state index contributed by atoms with van der Waals surface area (Å²) in [6.45, 7) is 1.53. The van der Waals surface area contributed by atoms with Gasteiger partial charge in [-0.3, -0.25) is 0 Å². The Morgan fingerprint density at radius 1 is 1.17 bits per heavy atom. The van der Waals surface area contributed by atoms with Gasteiger partial charge in [0, 0.05) is 6.42 Å². The van der Waals surface area contributed by atoms with Gasteiger partial charge < -0.3 is 0 Å². The zero-order chi connectivity index (χ0) is 9.61. The van der Waals surface area contributed by atoms with Crippen molar-refractivity contribution in [2.75, 3.05) is 0 Å². The highest BCUT2D eigenvalue weighted by atomic mass is 19.4. The van der Waals surface area contributed by atoms with Gasteiger partial charge >= 0.3 is 6.18 Å². The van der Waals surface area contributed by atoms with Crippen LogP contribution in [0, 0.1) is 0 Å². The van der Waals surface area contributed by atoms with Crippen LogP contribution < -0.4 is 0 Å². The van der Waals surface area contributed by atoms with Crippen molar-refractivity contribution in [1.82, 2.24) is 0 Å². The molecule has 0 saturated heterocycles. The van der Waals surface area contributed by atoms with Crippen molar-refractivity contribution < 1.29 is 18.3 Å². The summed E-state index contributed by atoms with van der Waals surface area (Å²) in [7, 11) is 0. The smallest absolute Gasteiger partial charge is 0.233 e. The molecular weight excluding hydrogens is 169 g/mol. The predicted octanol–water partition coefficient (Wildman–Crippen LogP) is 3.32. The molecule has 0 aliphatic heterocycles. The van der Waals surface area contributed by atoms with Crippen molar-refractivity contribution in [3.8, 4) is 0 Å². The molecule has 0 aliphatic carbocycles. The maximum atomic E-state index is 11.6. The van der Waals surface area contributed by atoms with Crippen LogP contribution in [0.2, 0.25) is 0 Å². The van der Waals surface area contributed by atoms with E-state index in [0.717, 1.165) is 0 Å². The molecule has 0 rings (SSSR count). The second-order valence-electron chi connectivity index (χ2n) is 3.03. The molecule has 1 atom stereocenters. The third kappa shape index (κ3) is 9.75. The van der Waals surface area contributed by atoms with Crippen LogP contribution in [0.3, 0.4) is 0 Å². The Kier molecular flexibility index (Phi) is 5.29. The molecule has 0 aromatic heterocycles. The highest BCUT2D eigenvalue weighted by Gasteiger charge is 2.25. The van der Waals surface area contributed by atoms with Crippen LogP contribution >= 0.6 is 0 Å². The second-order valence-corrected chi connectivity index (χ2v) is 3.03. The summed E-state index contributed by atoms with van der Waals surface area (Å²) in [4.78, 5) is 0. The SMILES string of the molecule is CC([O])CCCCCC(F)(F)F. The predicted molar refractivity (Wildman–Crippen MR) is 39.3 cm³/mol. The molecule has 12 heavy (non-hydrogen) atoms. The zero-order valence-electron chi connectivity index (χ0n) is 7.16. The maximum absolute atomic E-state index is 11.6. The minimum atomic E-state index is -4.04. The van der Waals surface area contributed by atoms with Gasteiger partial charge in [-0.05, 0) is 19.8 Å². The summed E-state index contributed by atoms with van der Waals surface area (Å²) < 4.78 is 34.7. The second kappa shape index (κ2) is 5.41. The van der Waals surface area contributed by atoms with Crippen molar-refractivity contribution in [3.63, 3.8) is 0 Å². The van der Waals surface area contributed by atoms with E-state index in [9.17, 15) is 18.3 Å². The molecule has 4 heteroatoms. The number of hydrogen-bond acceptors (Lipinski definition) is 0. The van der Waals surface area contributed by atoms with Crippen molar-refractivity contribution in [3.05, 3.63) is 0 Å². The van der Waals surface area contributed by atoms with Gasteiger partial charge in [-0.25, -0.2) is 5.11 Å². The first-order valence-electron chi connectivity index (χ1n) is 4.14. The number of alkyl halides is 3. The van der Waals surface area contributed by atoms with Crippen LogP contribution in [0.25, 0.3) is 0 Å². The van der Waals surface area contributed by atoms with Crippen molar-refractivity contribution in [2.24, 2.45) is 0 Å². The van der Waals surface area contributed by atoms with Gasteiger partial charge in [0.1, 0.15) is 0 Å². The molecule has 0 saturated carbocycles. The van der Waals surface area contributed by atoms with Crippen LogP contribution in [0.1, 0.15) is 39.0 Å². The number of unbranched alkanes of at least 4 members (excludes halogenated alkanes) is 2. The first-order chi connectivity index (χ1) is 5.42. The molecule has 0 fully saturated rings. The van der Waals surface area contributed by atoms with Gasteiger partial charge in [0.15, 0.2) is 0 Å². The normalized spacial score (nSPS) is 14.8. The largest absolute Gasteiger partial charge is 0.389 e. The zero-order valence-corrected chi connectivity index (χ0v) is 7.16. The van der Waals surface area contributed by atoms with Gasteiger partial charge in [0.2, 0.25) is 0 Å². The first kappa shape index (κ1) is 11.8. The molecule has 0 N–H and O–H groups in total. The molecule has 0 heterocycles. The van der Waals surface area contributed by atoms with Crippen molar-refractivity contribution in [2.45, 2.75) is 51.3 Å². The molecule has 0 amide bonds.